The standard InChI is InChI=1S/C9H21N3O3S/c1-4-5-11-9(13)8(3)12-16(14,15)7(2)6-10/h7-8,12H,4-6,10H2,1-3H3,(H,11,13). The molecule has 0 heterocycles. The molecule has 6 nitrogen and oxygen atoms in total. The largest absolute Gasteiger partial charge is 0.355 e. The molecule has 16 heavy (non-hydrogen) atoms. The van der Waals surface area contributed by atoms with E-state index < -0.39 is 21.3 Å². The first-order chi connectivity index (χ1) is 7.35. The number of nitrogens with one attached hydrogen (secondary N) is 2. The summed E-state index contributed by atoms with van der Waals surface area (Å²) in [4.78, 5) is 11.4. The molecule has 7 heteroatoms. The lowest BCUT2D eigenvalue weighted by atomic mass is 10.3. The summed E-state index contributed by atoms with van der Waals surface area (Å²) < 4.78 is 25.5. The molecule has 0 aromatic rings. The Labute approximate surface area is 97.0 Å². The quantitative estimate of drug-likeness (QED) is 0.549. The molecule has 0 saturated heterocycles. The average Bonchev–Trinajstić information content (AvgIpc) is 2.23. The van der Waals surface area contributed by atoms with E-state index in [9.17, 15) is 13.2 Å². The van der Waals surface area contributed by atoms with E-state index in [4.69, 9.17) is 5.73 Å². The number of nitrogens with two attached hydrogens (primary N) is 1. The zero-order chi connectivity index (χ0) is 12.8. The summed E-state index contributed by atoms with van der Waals surface area (Å²) in [6.45, 7) is 5.49. The molecule has 1 amide bonds. The van der Waals surface area contributed by atoms with Crippen LogP contribution in [-0.2, 0) is 14.8 Å². The highest BCUT2D eigenvalue weighted by atomic mass is 32.2. The summed E-state index contributed by atoms with van der Waals surface area (Å²) in [5.41, 5.74) is 5.27. The Bertz CT molecular complexity index is 316. The fraction of sp³-hybridized carbons (Fsp3) is 0.889. The van der Waals surface area contributed by atoms with Crippen LogP contribution >= 0.6 is 0 Å². The van der Waals surface area contributed by atoms with Crippen molar-refractivity contribution in [3.8, 4) is 0 Å². The highest BCUT2D eigenvalue weighted by molar-refractivity contribution is 7.90. The summed E-state index contributed by atoms with van der Waals surface area (Å²) in [7, 11) is -3.52. The molecule has 0 aliphatic heterocycles. The molecule has 96 valence electrons. The summed E-state index contributed by atoms with van der Waals surface area (Å²) in [5, 5.41) is 1.91. The van der Waals surface area contributed by atoms with Crippen LogP contribution in [0.1, 0.15) is 27.2 Å². The molecule has 2 atom stereocenters. The Balaban J connectivity index is 4.33. The third-order valence-electron chi connectivity index (χ3n) is 2.15. The highest BCUT2D eigenvalue weighted by Gasteiger charge is 2.24. The van der Waals surface area contributed by atoms with E-state index in [0.717, 1.165) is 6.42 Å². The third-order valence-corrected chi connectivity index (χ3v) is 4.08. The minimum Gasteiger partial charge on any atom is -0.355 e. The third kappa shape index (κ3) is 4.91. The number of sulfonamides is 1. The first-order valence-corrected chi connectivity index (χ1v) is 6.88. The number of amides is 1. The molecule has 0 aliphatic carbocycles. The molecule has 0 aromatic heterocycles. The predicted octanol–water partition coefficient (Wildman–Crippen LogP) is -0.832. The van der Waals surface area contributed by atoms with Gasteiger partial charge in [0.2, 0.25) is 15.9 Å². The lowest BCUT2D eigenvalue weighted by Gasteiger charge is -2.17. The molecule has 0 rings (SSSR count). The zero-order valence-electron chi connectivity index (χ0n) is 9.99. The maximum absolute atomic E-state index is 11.6. The van der Waals surface area contributed by atoms with Crippen LogP contribution in [0.2, 0.25) is 0 Å². The summed E-state index contributed by atoms with van der Waals surface area (Å²) in [6.07, 6.45) is 0.810. The normalized spacial score (nSPS) is 15.5. The number of hydrogen-bond acceptors (Lipinski definition) is 4. The van der Waals surface area contributed by atoms with E-state index in [1.807, 2.05) is 6.92 Å². The van der Waals surface area contributed by atoms with Gasteiger partial charge in [0.15, 0.2) is 0 Å². The van der Waals surface area contributed by atoms with E-state index in [-0.39, 0.29) is 12.5 Å². The summed E-state index contributed by atoms with van der Waals surface area (Å²) in [5.74, 6) is -0.324. The van der Waals surface area contributed by atoms with E-state index in [1.165, 1.54) is 13.8 Å². The smallest absolute Gasteiger partial charge is 0.237 e. The molecule has 0 radical (unpaired) electrons. The van der Waals surface area contributed by atoms with Crippen LogP contribution < -0.4 is 15.8 Å². The van der Waals surface area contributed by atoms with Gasteiger partial charge in [-0.05, 0) is 20.3 Å². The zero-order valence-corrected chi connectivity index (χ0v) is 10.8. The fourth-order valence-corrected chi connectivity index (χ4v) is 2.03. The van der Waals surface area contributed by atoms with E-state index in [2.05, 4.69) is 10.0 Å². The van der Waals surface area contributed by atoms with E-state index in [1.54, 1.807) is 0 Å². The first-order valence-electron chi connectivity index (χ1n) is 5.34. The van der Waals surface area contributed by atoms with Crippen LogP contribution in [-0.4, -0.2) is 38.7 Å². The van der Waals surface area contributed by atoms with Crippen molar-refractivity contribution in [2.24, 2.45) is 5.73 Å². The molecule has 0 saturated carbocycles. The maximum atomic E-state index is 11.6. The van der Waals surface area contributed by atoms with Gasteiger partial charge >= 0.3 is 0 Å². The maximum Gasteiger partial charge on any atom is 0.237 e. The molecular weight excluding hydrogens is 230 g/mol. The lowest BCUT2D eigenvalue weighted by molar-refractivity contribution is -0.122. The van der Waals surface area contributed by atoms with Gasteiger partial charge in [-0.2, -0.15) is 0 Å². The Kier molecular flexibility index (Phi) is 6.54. The second-order valence-electron chi connectivity index (χ2n) is 3.72. The Morgan fingerprint density at radius 1 is 1.38 bits per heavy atom. The molecule has 0 spiro atoms. The minimum atomic E-state index is -3.52. The van der Waals surface area contributed by atoms with E-state index in [0.29, 0.717) is 6.54 Å². The van der Waals surface area contributed by atoms with Crippen molar-refractivity contribution >= 4 is 15.9 Å². The second kappa shape index (κ2) is 6.82. The Morgan fingerprint density at radius 3 is 2.38 bits per heavy atom. The van der Waals surface area contributed by atoms with Crippen LogP contribution in [0.15, 0.2) is 0 Å². The van der Waals surface area contributed by atoms with Crippen molar-refractivity contribution < 1.29 is 13.2 Å². The van der Waals surface area contributed by atoms with Gasteiger partial charge in [-0.1, -0.05) is 6.92 Å². The lowest BCUT2D eigenvalue weighted by Crippen LogP contribution is -2.48. The molecule has 0 aliphatic rings. The van der Waals surface area contributed by atoms with Crippen LogP contribution in [0.5, 0.6) is 0 Å². The number of carbonyl (C=O) groups excluding carboxylic acids is 1. The molecule has 0 fully saturated rings. The van der Waals surface area contributed by atoms with Gasteiger partial charge in [0.25, 0.3) is 0 Å². The summed E-state index contributed by atoms with van der Waals surface area (Å²) >= 11 is 0. The van der Waals surface area contributed by atoms with Crippen molar-refractivity contribution in [2.75, 3.05) is 13.1 Å². The van der Waals surface area contributed by atoms with Gasteiger partial charge in [-0.15, -0.1) is 0 Å². The number of rotatable bonds is 7. The van der Waals surface area contributed by atoms with E-state index >= 15 is 0 Å². The van der Waals surface area contributed by atoms with Crippen LogP contribution in [0.3, 0.4) is 0 Å². The topological polar surface area (TPSA) is 101 Å². The average molecular weight is 251 g/mol. The predicted molar refractivity (Wildman–Crippen MR) is 63.3 cm³/mol. The molecule has 2 unspecified atom stereocenters. The van der Waals surface area contributed by atoms with Gasteiger partial charge in [-0.3, -0.25) is 4.79 Å². The number of hydrogen-bond donors (Lipinski definition) is 3. The fourth-order valence-electron chi connectivity index (χ4n) is 0.944. The second-order valence-corrected chi connectivity index (χ2v) is 5.85. The van der Waals surface area contributed by atoms with Crippen molar-refractivity contribution in [1.82, 2.24) is 10.0 Å². The highest BCUT2D eigenvalue weighted by Crippen LogP contribution is 1.98. The monoisotopic (exact) mass is 251 g/mol. The van der Waals surface area contributed by atoms with Crippen LogP contribution in [0.25, 0.3) is 0 Å². The SMILES string of the molecule is CCCNC(=O)C(C)NS(=O)(=O)C(C)CN. The molecular formula is C9H21N3O3S. The first kappa shape index (κ1) is 15.3. The summed E-state index contributed by atoms with van der Waals surface area (Å²) in [6, 6.07) is -0.773. The Morgan fingerprint density at radius 2 is 1.94 bits per heavy atom. The van der Waals surface area contributed by atoms with Crippen LogP contribution in [0, 0.1) is 0 Å². The molecule has 0 bridgehead atoms. The van der Waals surface area contributed by atoms with Crippen molar-refractivity contribution in [2.45, 2.75) is 38.5 Å². The van der Waals surface area contributed by atoms with Crippen molar-refractivity contribution in [1.29, 1.82) is 0 Å². The van der Waals surface area contributed by atoms with Crippen molar-refractivity contribution in [3.05, 3.63) is 0 Å². The van der Waals surface area contributed by atoms with Gasteiger partial charge in [-0.25, -0.2) is 13.1 Å². The minimum absolute atomic E-state index is 0.0264. The van der Waals surface area contributed by atoms with Gasteiger partial charge < -0.3 is 11.1 Å². The van der Waals surface area contributed by atoms with Crippen molar-refractivity contribution in [3.63, 3.8) is 0 Å². The molecule has 4 N–H and O–H groups in total. The van der Waals surface area contributed by atoms with Crippen LogP contribution in [0.4, 0.5) is 0 Å². The Hall–Kier alpha value is -0.660. The van der Waals surface area contributed by atoms with Gasteiger partial charge in [0, 0.05) is 13.1 Å². The molecule has 0 aromatic carbocycles. The van der Waals surface area contributed by atoms with Gasteiger partial charge in [0.1, 0.15) is 0 Å². The van der Waals surface area contributed by atoms with Gasteiger partial charge in [0.05, 0.1) is 11.3 Å². The number of carbonyl (C=O) groups is 1.